The van der Waals surface area contributed by atoms with Crippen molar-refractivity contribution >= 4 is 6.03 Å². The van der Waals surface area contributed by atoms with Crippen molar-refractivity contribution in [2.75, 3.05) is 26.2 Å². The van der Waals surface area contributed by atoms with Gasteiger partial charge in [-0.2, -0.15) is 5.10 Å². The van der Waals surface area contributed by atoms with Crippen molar-refractivity contribution in [3.05, 3.63) is 18.0 Å². The van der Waals surface area contributed by atoms with Crippen molar-refractivity contribution in [1.82, 2.24) is 25.3 Å². The number of urea groups is 1. The smallest absolute Gasteiger partial charge is 0.317 e. The minimum absolute atomic E-state index is 0.0618. The molecule has 1 aromatic heterocycles. The van der Waals surface area contributed by atoms with Gasteiger partial charge in [0.2, 0.25) is 0 Å². The highest BCUT2D eigenvalue weighted by Gasteiger charge is 2.22. The summed E-state index contributed by atoms with van der Waals surface area (Å²) in [6.45, 7) is 4.13. The molecular formula is C12H19N5O. The first-order chi connectivity index (χ1) is 8.84. The minimum Gasteiger partial charge on any atom is -0.336 e. The molecule has 2 aliphatic rings. The molecule has 3 heterocycles. The predicted molar refractivity (Wildman–Crippen MR) is 67.2 cm³/mol. The molecule has 6 heteroatoms. The number of carbonyl (C=O) groups excluding carboxylic acids is 1. The number of hydrogen-bond donors (Lipinski definition) is 2. The van der Waals surface area contributed by atoms with Crippen LogP contribution in [0.1, 0.15) is 24.6 Å². The molecule has 0 radical (unpaired) electrons. The first-order valence-corrected chi connectivity index (χ1v) is 6.60. The van der Waals surface area contributed by atoms with Crippen molar-refractivity contribution in [1.29, 1.82) is 0 Å². The fourth-order valence-corrected chi connectivity index (χ4v) is 2.66. The molecule has 6 nitrogen and oxygen atoms in total. The number of aromatic nitrogens is 2. The van der Waals surface area contributed by atoms with Crippen LogP contribution in [0.15, 0.2) is 12.3 Å². The SMILES string of the molecule is O=C(NC[C@@H]1CNCc2ccnn21)N1CCCC1. The second-order valence-electron chi connectivity index (χ2n) is 4.93. The standard InChI is InChI=1S/C12H19N5O/c18-12(16-5-1-2-6-16)14-9-11-8-13-7-10-3-4-15-17(10)11/h3-4,11,13H,1-2,5-9H2,(H,14,18)/t11-/m0/s1. The Morgan fingerprint density at radius 1 is 1.50 bits per heavy atom. The summed E-state index contributed by atoms with van der Waals surface area (Å²) < 4.78 is 2.01. The number of rotatable bonds is 2. The van der Waals surface area contributed by atoms with E-state index >= 15 is 0 Å². The fourth-order valence-electron chi connectivity index (χ4n) is 2.66. The second kappa shape index (κ2) is 4.97. The molecule has 2 N–H and O–H groups in total. The molecule has 0 bridgehead atoms. The monoisotopic (exact) mass is 249 g/mol. The molecular weight excluding hydrogens is 230 g/mol. The third kappa shape index (κ3) is 2.20. The van der Waals surface area contributed by atoms with Crippen LogP contribution >= 0.6 is 0 Å². The Hall–Kier alpha value is -1.56. The van der Waals surface area contributed by atoms with Gasteiger partial charge < -0.3 is 15.5 Å². The molecule has 0 aromatic carbocycles. The lowest BCUT2D eigenvalue weighted by atomic mass is 10.2. The topological polar surface area (TPSA) is 62.2 Å². The van der Waals surface area contributed by atoms with Gasteiger partial charge in [0.15, 0.2) is 0 Å². The summed E-state index contributed by atoms with van der Waals surface area (Å²) in [7, 11) is 0. The molecule has 1 saturated heterocycles. The Bertz CT molecular complexity index is 424. The highest BCUT2D eigenvalue weighted by Crippen LogP contribution is 2.13. The van der Waals surface area contributed by atoms with E-state index in [4.69, 9.17) is 0 Å². The third-order valence-corrected chi connectivity index (χ3v) is 3.67. The molecule has 2 amide bonds. The van der Waals surface area contributed by atoms with Gasteiger partial charge in [0.1, 0.15) is 0 Å². The Morgan fingerprint density at radius 3 is 3.17 bits per heavy atom. The Morgan fingerprint density at radius 2 is 2.33 bits per heavy atom. The molecule has 1 aromatic rings. The van der Waals surface area contributed by atoms with Gasteiger partial charge in [-0.1, -0.05) is 0 Å². The average Bonchev–Trinajstić information content (AvgIpc) is 3.05. The highest BCUT2D eigenvalue weighted by atomic mass is 16.2. The molecule has 98 valence electrons. The molecule has 0 saturated carbocycles. The number of fused-ring (bicyclic) bond motifs is 1. The van der Waals surface area contributed by atoms with E-state index in [-0.39, 0.29) is 12.1 Å². The van der Waals surface area contributed by atoms with Gasteiger partial charge in [-0.3, -0.25) is 4.68 Å². The Kier molecular flexibility index (Phi) is 3.19. The largest absolute Gasteiger partial charge is 0.336 e. The molecule has 0 aliphatic carbocycles. The van der Waals surface area contributed by atoms with E-state index in [9.17, 15) is 4.79 Å². The van der Waals surface area contributed by atoms with Crippen LogP contribution < -0.4 is 10.6 Å². The minimum atomic E-state index is 0.0618. The molecule has 2 aliphatic heterocycles. The number of likely N-dealkylation sites (tertiary alicyclic amines) is 1. The quantitative estimate of drug-likeness (QED) is 0.794. The van der Waals surface area contributed by atoms with E-state index in [0.29, 0.717) is 6.54 Å². The zero-order valence-corrected chi connectivity index (χ0v) is 10.4. The van der Waals surface area contributed by atoms with Crippen LogP contribution in [-0.2, 0) is 6.54 Å². The molecule has 0 spiro atoms. The summed E-state index contributed by atoms with van der Waals surface area (Å²) in [6, 6.07) is 2.30. The van der Waals surface area contributed by atoms with E-state index in [0.717, 1.165) is 39.0 Å². The van der Waals surface area contributed by atoms with E-state index in [1.165, 1.54) is 5.69 Å². The second-order valence-corrected chi connectivity index (χ2v) is 4.93. The normalized spacial score (nSPS) is 22.9. The first-order valence-electron chi connectivity index (χ1n) is 6.60. The molecule has 1 atom stereocenters. The lowest BCUT2D eigenvalue weighted by Gasteiger charge is -2.26. The van der Waals surface area contributed by atoms with E-state index in [1.807, 2.05) is 21.8 Å². The average molecular weight is 249 g/mol. The van der Waals surface area contributed by atoms with Crippen molar-refractivity contribution in [2.24, 2.45) is 0 Å². The highest BCUT2D eigenvalue weighted by molar-refractivity contribution is 5.74. The first kappa shape index (κ1) is 11.5. The van der Waals surface area contributed by atoms with E-state index in [2.05, 4.69) is 15.7 Å². The lowest BCUT2D eigenvalue weighted by Crippen LogP contribution is -2.44. The summed E-state index contributed by atoms with van der Waals surface area (Å²) in [5.74, 6) is 0. The maximum atomic E-state index is 11.9. The van der Waals surface area contributed by atoms with E-state index in [1.54, 1.807) is 0 Å². The van der Waals surface area contributed by atoms with Gasteiger partial charge in [-0.15, -0.1) is 0 Å². The number of hydrogen-bond acceptors (Lipinski definition) is 3. The van der Waals surface area contributed by atoms with Crippen molar-refractivity contribution in [3.8, 4) is 0 Å². The maximum absolute atomic E-state index is 11.9. The van der Waals surface area contributed by atoms with Gasteiger partial charge >= 0.3 is 6.03 Å². The van der Waals surface area contributed by atoms with Gasteiger partial charge in [0, 0.05) is 38.9 Å². The van der Waals surface area contributed by atoms with Crippen LogP contribution in [0.2, 0.25) is 0 Å². The van der Waals surface area contributed by atoms with Crippen molar-refractivity contribution in [3.63, 3.8) is 0 Å². The van der Waals surface area contributed by atoms with Gasteiger partial charge in [-0.05, 0) is 18.9 Å². The van der Waals surface area contributed by atoms with Crippen molar-refractivity contribution < 1.29 is 4.79 Å². The maximum Gasteiger partial charge on any atom is 0.317 e. The number of nitrogens with one attached hydrogen (secondary N) is 2. The fraction of sp³-hybridized carbons (Fsp3) is 0.667. The molecule has 3 rings (SSSR count). The zero-order valence-electron chi connectivity index (χ0n) is 10.4. The van der Waals surface area contributed by atoms with Crippen LogP contribution in [0.5, 0.6) is 0 Å². The summed E-state index contributed by atoms with van der Waals surface area (Å²) in [5.41, 5.74) is 1.18. The number of nitrogens with zero attached hydrogens (tertiary/aromatic N) is 3. The summed E-state index contributed by atoms with van der Waals surface area (Å²) in [4.78, 5) is 13.8. The lowest BCUT2D eigenvalue weighted by molar-refractivity contribution is 0.205. The molecule has 1 fully saturated rings. The van der Waals surface area contributed by atoms with Crippen molar-refractivity contribution in [2.45, 2.75) is 25.4 Å². The van der Waals surface area contributed by atoms with Gasteiger partial charge in [0.05, 0.1) is 11.7 Å². The van der Waals surface area contributed by atoms with Crippen LogP contribution in [0.25, 0.3) is 0 Å². The van der Waals surface area contributed by atoms with Gasteiger partial charge in [0.25, 0.3) is 0 Å². The van der Waals surface area contributed by atoms with Crippen LogP contribution in [0, 0.1) is 0 Å². The van der Waals surface area contributed by atoms with Crippen LogP contribution in [0.4, 0.5) is 4.79 Å². The Labute approximate surface area is 106 Å². The summed E-state index contributed by atoms with van der Waals surface area (Å²) in [5, 5.41) is 10.7. The third-order valence-electron chi connectivity index (χ3n) is 3.67. The Balaban J connectivity index is 1.56. The van der Waals surface area contributed by atoms with E-state index < -0.39 is 0 Å². The van der Waals surface area contributed by atoms with Crippen LogP contribution in [0.3, 0.4) is 0 Å². The molecule has 18 heavy (non-hydrogen) atoms. The molecule has 0 unspecified atom stereocenters. The number of amides is 2. The number of carbonyl (C=O) groups is 1. The summed E-state index contributed by atoms with van der Waals surface area (Å²) >= 11 is 0. The van der Waals surface area contributed by atoms with Gasteiger partial charge in [-0.25, -0.2) is 4.79 Å². The van der Waals surface area contributed by atoms with Crippen LogP contribution in [-0.4, -0.2) is 46.9 Å². The predicted octanol–water partition coefficient (Wildman–Crippen LogP) is 0.333. The zero-order chi connectivity index (χ0) is 12.4. The summed E-state index contributed by atoms with van der Waals surface area (Å²) in [6.07, 6.45) is 4.07.